The summed E-state index contributed by atoms with van der Waals surface area (Å²) in [6, 6.07) is 8.91. The highest BCUT2D eigenvalue weighted by Gasteiger charge is 2.24. The second kappa shape index (κ2) is 5.21. The van der Waals surface area contributed by atoms with Crippen LogP contribution in [0.3, 0.4) is 0 Å². The summed E-state index contributed by atoms with van der Waals surface area (Å²) in [5.41, 5.74) is 2.51. The van der Waals surface area contributed by atoms with Gasteiger partial charge in [-0.2, -0.15) is 0 Å². The van der Waals surface area contributed by atoms with Gasteiger partial charge in [-0.1, -0.05) is 31.2 Å². The third-order valence-corrected chi connectivity index (χ3v) is 3.10. The topological polar surface area (TPSA) is 32.3 Å². The standard InChI is InChI=1S/C14H20N2O/c1-3-11-4-6-12(7-5-11)10-16(2)14(17)15-13-8-9-13/h4-7,13H,3,8-10H2,1-2H3,(H,15,17). The smallest absolute Gasteiger partial charge is 0.317 e. The van der Waals surface area contributed by atoms with Crippen molar-refractivity contribution in [2.45, 2.75) is 38.8 Å². The van der Waals surface area contributed by atoms with Crippen LogP contribution in [0.2, 0.25) is 0 Å². The van der Waals surface area contributed by atoms with E-state index < -0.39 is 0 Å². The summed E-state index contributed by atoms with van der Waals surface area (Å²) in [6.45, 7) is 2.81. The molecule has 17 heavy (non-hydrogen) atoms. The lowest BCUT2D eigenvalue weighted by Gasteiger charge is -2.18. The molecule has 92 valence electrons. The molecule has 1 aromatic rings. The molecule has 0 spiro atoms. The van der Waals surface area contributed by atoms with Crippen molar-refractivity contribution >= 4 is 6.03 Å². The van der Waals surface area contributed by atoms with E-state index >= 15 is 0 Å². The fourth-order valence-corrected chi connectivity index (χ4v) is 1.74. The van der Waals surface area contributed by atoms with Gasteiger partial charge in [-0.3, -0.25) is 0 Å². The first-order chi connectivity index (χ1) is 8.19. The lowest BCUT2D eigenvalue weighted by Crippen LogP contribution is -2.37. The first kappa shape index (κ1) is 12.0. The number of carbonyl (C=O) groups excluding carboxylic acids is 1. The molecule has 2 amide bonds. The first-order valence-corrected chi connectivity index (χ1v) is 6.28. The molecule has 3 nitrogen and oxygen atoms in total. The summed E-state index contributed by atoms with van der Waals surface area (Å²) >= 11 is 0. The molecule has 1 aromatic carbocycles. The van der Waals surface area contributed by atoms with Gasteiger partial charge in [0.05, 0.1) is 0 Å². The molecule has 1 aliphatic carbocycles. The van der Waals surface area contributed by atoms with Crippen molar-refractivity contribution in [3.8, 4) is 0 Å². The Morgan fingerprint density at radius 1 is 1.29 bits per heavy atom. The fourth-order valence-electron chi connectivity index (χ4n) is 1.74. The maximum atomic E-state index is 11.7. The zero-order chi connectivity index (χ0) is 12.3. The van der Waals surface area contributed by atoms with Crippen LogP contribution in [0.5, 0.6) is 0 Å². The van der Waals surface area contributed by atoms with Crippen molar-refractivity contribution in [1.29, 1.82) is 0 Å². The molecule has 1 saturated carbocycles. The van der Waals surface area contributed by atoms with E-state index in [2.05, 4.69) is 36.5 Å². The Kier molecular flexibility index (Phi) is 3.67. The minimum atomic E-state index is 0.0343. The van der Waals surface area contributed by atoms with Gasteiger partial charge in [-0.25, -0.2) is 4.79 Å². The van der Waals surface area contributed by atoms with Gasteiger partial charge in [-0.05, 0) is 30.4 Å². The summed E-state index contributed by atoms with van der Waals surface area (Å²) in [6.07, 6.45) is 3.31. The van der Waals surface area contributed by atoms with E-state index in [1.54, 1.807) is 4.90 Å². The van der Waals surface area contributed by atoms with Gasteiger partial charge in [0.2, 0.25) is 0 Å². The Morgan fingerprint density at radius 2 is 1.88 bits per heavy atom. The first-order valence-electron chi connectivity index (χ1n) is 6.28. The number of hydrogen-bond acceptors (Lipinski definition) is 1. The van der Waals surface area contributed by atoms with Crippen molar-refractivity contribution in [2.75, 3.05) is 7.05 Å². The summed E-state index contributed by atoms with van der Waals surface area (Å²) in [5.74, 6) is 0. The van der Waals surface area contributed by atoms with E-state index in [9.17, 15) is 4.79 Å². The Hall–Kier alpha value is -1.51. The number of urea groups is 1. The van der Waals surface area contributed by atoms with Crippen LogP contribution in [-0.2, 0) is 13.0 Å². The van der Waals surface area contributed by atoms with E-state index in [0.29, 0.717) is 12.6 Å². The number of benzene rings is 1. The quantitative estimate of drug-likeness (QED) is 0.850. The van der Waals surface area contributed by atoms with Gasteiger partial charge in [0.1, 0.15) is 0 Å². The summed E-state index contributed by atoms with van der Waals surface area (Å²) < 4.78 is 0. The van der Waals surface area contributed by atoms with Crippen LogP contribution in [0, 0.1) is 0 Å². The Labute approximate surface area is 103 Å². The Balaban J connectivity index is 1.87. The lowest BCUT2D eigenvalue weighted by molar-refractivity contribution is 0.206. The monoisotopic (exact) mass is 232 g/mol. The molecule has 0 saturated heterocycles. The van der Waals surface area contributed by atoms with E-state index in [0.717, 1.165) is 19.3 Å². The fraction of sp³-hybridized carbons (Fsp3) is 0.500. The lowest BCUT2D eigenvalue weighted by atomic mass is 10.1. The SMILES string of the molecule is CCc1ccc(CN(C)C(=O)NC2CC2)cc1. The second-order valence-corrected chi connectivity index (χ2v) is 4.75. The molecule has 3 heteroatoms. The minimum absolute atomic E-state index is 0.0343. The highest BCUT2D eigenvalue weighted by atomic mass is 16.2. The van der Waals surface area contributed by atoms with E-state index in [1.807, 2.05) is 7.05 Å². The summed E-state index contributed by atoms with van der Waals surface area (Å²) in [4.78, 5) is 13.5. The van der Waals surface area contributed by atoms with Gasteiger partial charge in [0.25, 0.3) is 0 Å². The predicted octanol–water partition coefficient (Wildman–Crippen LogP) is 2.55. The average Bonchev–Trinajstić information content (AvgIpc) is 3.14. The maximum absolute atomic E-state index is 11.7. The molecule has 1 fully saturated rings. The number of hydrogen-bond donors (Lipinski definition) is 1. The van der Waals surface area contributed by atoms with Gasteiger partial charge >= 0.3 is 6.03 Å². The van der Waals surface area contributed by atoms with E-state index in [-0.39, 0.29) is 6.03 Å². The van der Waals surface area contributed by atoms with E-state index in [1.165, 1.54) is 11.1 Å². The van der Waals surface area contributed by atoms with Gasteiger partial charge in [0.15, 0.2) is 0 Å². The molecule has 0 aromatic heterocycles. The zero-order valence-corrected chi connectivity index (χ0v) is 10.6. The highest BCUT2D eigenvalue weighted by molar-refractivity contribution is 5.74. The maximum Gasteiger partial charge on any atom is 0.317 e. The minimum Gasteiger partial charge on any atom is -0.335 e. The molecular weight excluding hydrogens is 212 g/mol. The van der Waals surface area contributed by atoms with Crippen LogP contribution in [0.25, 0.3) is 0 Å². The molecule has 0 bridgehead atoms. The second-order valence-electron chi connectivity index (χ2n) is 4.75. The summed E-state index contributed by atoms with van der Waals surface area (Å²) in [7, 11) is 1.84. The van der Waals surface area contributed by atoms with Crippen LogP contribution >= 0.6 is 0 Å². The third-order valence-electron chi connectivity index (χ3n) is 3.10. The molecule has 0 atom stereocenters. The molecule has 2 rings (SSSR count). The number of aryl methyl sites for hydroxylation is 1. The van der Waals surface area contributed by atoms with Crippen molar-refractivity contribution in [3.05, 3.63) is 35.4 Å². The molecule has 1 N–H and O–H groups in total. The number of nitrogens with zero attached hydrogens (tertiary/aromatic N) is 1. The molecule has 0 unspecified atom stereocenters. The molecule has 0 radical (unpaired) electrons. The van der Waals surface area contributed by atoms with Crippen molar-refractivity contribution in [3.63, 3.8) is 0 Å². The van der Waals surface area contributed by atoms with Crippen molar-refractivity contribution in [1.82, 2.24) is 10.2 Å². The van der Waals surface area contributed by atoms with Crippen LogP contribution in [0.15, 0.2) is 24.3 Å². The molecule has 1 aliphatic rings. The Morgan fingerprint density at radius 3 is 2.41 bits per heavy atom. The highest BCUT2D eigenvalue weighted by Crippen LogP contribution is 2.19. The normalized spacial score (nSPS) is 14.5. The van der Waals surface area contributed by atoms with Crippen LogP contribution in [-0.4, -0.2) is 24.0 Å². The number of amides is 2. The third kappa shape index (κ3) is 3.48. The number of carbonyl (C=O) groups is 1. The average molecular weight is 232 g/mol. The van der Waals surface area contributed by atoms with Gasteiger partial charge in [0, 0.05) is 19.6 Å². The predicted molar refractivity (Wildman–Crippen MR) is 68.8 cm³/mol. The van der Waals surface area contributed by atoms with Crippen molar-refractivity contribution < 1.29 is 4.79 Å². The Bertz CT molecular complexity index is 382. The zero-order valence-electron chi connectivity index (χ0n) is 10.6. The van der Waals surface area contributed by atoms with Gasteiger partial charge in [-0.15, -0.1) is 0 Å². The number of nitrogens with one attached hydrogen (secondary N) is 1. The largest absolute Gasteiger partial charge is 0.335 e. The van der Waals surface area contributed by atoms with Gasteiger partial charge < -0.3 is 10.2 Å². The summed E-state index contributed by atoms with van der Waals surface area (Å²) in [5, 5.41) is 2.98. The van der Waals surface area contributed by atoms with Crippen LogP contribution in [0.1, 0.15) is 30.9 Å². The molecule has 0 heterocycles. The molecular formula is C14H20N2O. The van der Waals surface area contributed by atoms with Crippen molar-refractivity contribution in [2.24, 2.45) is 0 Å². The van der Waals surface area contributed by atoms with Crippen LogP contribution in [0.4, 0.5) is 4.79 Å². The molecule has 0 aliphatic heterocycles. The van der Waals surface area contributed by atoms with Crippen LogP contribution < -0.4 is 5.32 Å². The van der Waals surface area contributed by atoms with E-state index in [4.69, 9.17) is 0 Å². The number of rotatable bonds is 4.